The predicted octanol–water partition coefficient (Wildman–Crippen LogP) is 3.42. The fraction of sp³-hybridized carbons (Fsp3) is 0.0833. The number of hydrogen-bond donors (Lipinski definition) is 3. The van der Waals surface area contributed by atoms with E-state index in [1.54, 1.807) is 24.3 Å². The monoisotopic (exact) mass is 478 g/mol. The van der Waals surface area contributed by atoms with Crippen molar-refractivity contribution in [3.05, 3.63) is 99.3 Å². The maximum atomic E-state index is 13.0. The molecule has 0 aliphatic carbocycles. The molecule has 0 saturated carbocycles. The summed E-state index contributed by atoms with van der Waals surface area (Å²) >= 11 is 5.35. The van der Waals surface area contributed by atoms with Crippen molar-refractivity contribution >= 4 is 34.9 Å². The van der Waals surface area contributed by atoms with E-state index >= 15 is 0 Å². The summed E-state index contributed by atoms with van der Waals surface area (Å²) in [5.41, 5.74) is 5.46. The van der Waals surface area contributed by atoms with E-state index in [2.05, 4.69) is 15.8 Å². The average Bonchev–Trinajstić information content (AvgIpc) is 2.84. The Bertz CT molecular complexity index is 1480. The number of halogens is 1. The number of nitrogens with zero attached hydrogens (tertiary/aromatic N) is 1. The maximum Gasteiger partial charge on any atom is 0.279 e. The molecule has 8 nitrogen and oxygen atoms in total. The summed E-state index contributed by atoms with van der Waals surface area (Å²) in [6, 6.07) is 18.6. The lowest BCUT2D eigenvalue weighted by atomic mass is 10.1. The summed E-state index contributed by atoms with van der Waals surface area (Å²) in [6.45, 7) is 1.48. The van der Waals surface area contributed by atoms with E-state index in [0.29, 0.717) is 22.3 Å². The van der Waals surface area contributed by atoms with Crippen LogP contribution in [-0.4, -0.2) is 27.5 Å². The molecule has 4 rings (SSSR count). The lowest BCUT2D eigenvalue weighted by molar-refractivity contribution is -0.128. The standard InChI is InChI=1S/C24H19FN4O4S/c1-14(33-18-10-8-16(25)9-11-18)21(30)27-28-22(31)15-7-12-19-20(13-15)26-24(34)29(23(19)32)17-5-3-2-4-6-17/h2-14H,1H3,(H,26,34)(H,27,30)(H,28,31). The van der Waals surface area contributed by atoms with Gasteiger partial charge in [0.2, 0.25) is 0 Å². The zero-order chi connectivity index (χ0) is 24.2. The van der Waals surface area contributed by atoms with Gasteiger partial charge in [0.1, 0.15) is 11.6 Å². The molecule has 3 N–H and O–H groups in total. The van der Waals surface area contributed by atoms with Gasteiger partial charge >= 0.3 is 0 Å². The second-order valence-corrected chi connectivity index (χ2v) is 7.71. The molecular weight excluding hydrogens is 459 g/mol. The van der Waals surface area contributed by atoms with Gasteiger partial charge in [-0.05, 0) is 73.7 Å². The number of ether oxygens (including phenoxy) is 1. The van der Waals surface area contributed by atoms with E-state index in [0.717, 1.165) is 0 Å². The van der Waals surface area contributed by atoms with Crippen molar-refractivity contribution < 1.29 is 18.7 Å². The number of aromatic nitrogens is 2. The number of nitrogens with one attached hydrogen (secondary N) is 3. The van der Waals surface area contributed by atoms with Crippen molar-refractivity contribution in [2.45, 2.75) is 13.0 Å². The molecule has 10 heteroatoms. The highest BCUT2D eigenvalue weighted by Crippen LogP contribution is 2.14. The highest BCUT2D eigenvalue weighted by Gasteiger charge is 2.17. The fourth-order valence-electron chi connectivity index (χ4n) is 3.23. The van der Waals surface area contributed by atoms with Crippen LogP contribution in [-0.2, 0) is 4.79 Å². The van der Waals surface area contributed by atoms with Gasteiger partial charge in [0.15, 0.2) is 10.9 Å². The molecule has 0 fully saturated rings. The first-order valence-corrected chi connectivity index (χ1v) is 10.6. The summed E-state index contributed by atoms with van der Waals surface area (Å²) in [5.74, 6) is -1.33. The Morgan fingerprint density at radius 2 is 1.74 bits per heavy atom. The Balaban J connectivity index is 1.47. The zero-order valence-electron chi connectivity index (χ0n) is 17.9. The summed E-state index contributed by atoms with van der Waals surface area (Å²) in [4.78, 5) is 40.7. The number of para-hydroxylation sites is 1. The van der Waals surface area contributed by atoms with Gasteiger partial charge in [-0.3, -0.25) is 29.8 Å². The highest BCUT2D eigenvalue weighted by molar-refractivity contribution is 7.71. The first-order valence-electron chi connectivity index (χ1n) is 10.2. The van der Waals surface area contributed by atoms with Gasteiger partial charge in [-0.2, -0.15) is 0 Å². The lowest BCUT2D eigenvalue weighted by Gasteiger charge is -2.15. The van der Waals surface area contributed by atoms with Crippen molar-refractivity contribution in [1.82, 2.24) is 20.4 Å². The van der Waals surface area contributed by atoms with Gasteiger partial charge in [-0.15, -0.1) is 0 Å². The van der Waals surface area contributed by atoms with Gasteiger partial charge in [0.05, 0.1) is 16.6 Å². The number of hydrazine groups is 1. The van der Waals surface area contributed by atoms with Gasteiger partial charge in [0, 0.05) is 5.56 Å². The van der Waals surface area contributed by atoms with E-state index in [-0.39, 0.29) is 15.9 Å². The molecule has 0 spiro atoms. The van der Waals surface area contributed by atoms with Crippen LogP contribution in [0, 0.1) is 10.6 Å². The van der Waals surface area contributed by atoms with E-state index in [4.69, 9.17) is 17.0 Å². The minimum atomic E-state index is -0.949. The summed E-state index contributed by atoms with van der Waals surface area (Å²) in [7, 11) is 0. The molecule has 0 saturated heterocycles. The van der Waals surface area contributed by atoms with E-state index in [1.807, 2.05) is 6.07 Å². The van der Waals surface area contributed by atoms with E-state index in [9.17, 15) is 18.8 Å². The number of amides is 2. The molecule has 1 atom stereocenters. The van der Waals surface area contributed by atoms with Gasteiger partial charge < -0.3 is 9.72 Å². The van der Waals surface area contributed by atoms with Crippen molar-refractivity contribution in [3.8, 4) is 11.4 Å². The molecule has 0 aliphatic rings. The van der Waals surface area contributed by atoms with Crippen LogP contribution >= 0.6 is 12.2 Å². The summed E-state index contributed by atoms with van der Waals surface area (Å²) in [6.07, 6.45) is -0.949. The van der Waals surface area contributed by atoms with Crippen LogP contribution in [0.15, 0.2) is 77.6 Å². The normalized spacial score (nSPS) is 11.6. The number of H-pyrrole nitrogens is 1. The molecule has 172 valence electrons. The Labute approximate surface area is 198 Å². The molecule has 0 bridgehead atoms. The number of aromatic amines is 1. The van der Waals surface area contributed by atoms with Crippen LogP contribution in [0.5, 0.6) is 5.75 Å². The highest BCUT2D eigenvalue weighted by atomic mass is 32.1. The van der Waals surface area contributed by atoms with Gasteiger partial charge in [0.25, 0.3) is 17.4 Å². The smallest absolute Gasteiger partial charge is 0.279 e. The minimum absolute atomic E-state index is 0.182. The molecule has 1 unspecified atom stereocenters. The zero-order valence-corrected chi connectivity index (χ0v) is 18.7. The largest absolute Gasteiger partial charge is 0.481 e. The number of fused-ring (bicyclic) bond motifs is 1. The third-order valence-corrected chi connectivity index (χ3v) is 5.25. The van der Waals surface area contributed by atoms with Crippen LogP contribution in [0.2, 0.25) is 0 Å². The number of carbonyl (C=O) groups excluding carboxylic acids is 2. The molecule has 3 aromatic carbocycles. The molecular formula is C24H19FN4O4S. The third-order valence-electron chi connectivity index (χ3n) is 4.97. The van der Waals surface area contributed by atoms with Crippen LogP contribution in [0.3, 0.4) is 0 Å². The predicted molar refractivity (Wildman–Crippen MR) is 127 cm³/mol. The Kier molecular flexibility index (Phi) is 6.51. The number of carbonyl (C=O) groups is 2. The van der Waals surface area contributed by atoms with Gasteiger partial charge in [-0.1, -0.05) is 18.2 Å². The van der Waals surface area contributed by atoms with Gasteiger partial charge in [-0.25, -0.2) is 4.39 Å². The Hall–Kier alpha value is -4.31. The second-order valence-electron chi connectivity index (χ2n) is 7.32. The van der Waals surface area contributed by atoms with Crippen molar-refractivity contribution in [1.29, 1.82) is 0 Å². The van der Waals surface area contributed by atoms with Crippen LogP contribution in [0.25, 0.3) is 16.6 Å². The number of rotatable bonds is 5. The van der Waals surface area contributed by atoms with E-state index < -0.39 is 23.7 Å². The molecule has 1 aromatic heterocycles. The quantitative estimate of drug-likeness (QED) is 0.301. The van der Waals surface area contributed by atoms with E-state index in [1.165, 1.54) is 54.0 Å². The minimum Gasteiger partial charge on any atom is -0.481 e. The summed E-state index contributed by atoms with van der Waals surface area (Å²) < 4.78 is 20.0. The molecule has 2 amide bonds. The van der Waals surface area contributed by atoms with Crippen LogP contribution < -0.4 is 21.1 Å². The second kappa shape index (κ2) is 9.67. The fourth-order valence-corrected chi connectivity index (χ4v) is 3.53. The first kappa shape index (κ1) is 22.9. The first-order chi connectivity index (χ1) is 16.3. The third kappa shape index (κ3) is 4.86. The average molecular weight is 479 g/mol. The molecule has 0 aliphatic heterocycles. The number of hydrogen-bond acceptors (Lipinski definition) is 5. The molecule has 4 aromatic rings. The maximum absolute atomic E-state index is 13.0. The number of benzene rings is 3. The van der Waals surface area contributed by atoms with Crippen LogP contribution in [0.1, 0.15) is 17.3 Å². The topological polar surface area (TPSA) is 105 Å². The van der Waals surface area contributed by atoms with Crippen LogP contribution in [0.4, 0.5) is 4.39 Å². The van der Waals surface area contributed by atoms with Crippen molar-refractivity contribution in [2.24, 2.45) is 0 Å². The molecule has 34 heavy (non-hydrogen) atoms. The van der Waals surface area contributed by atoms with Crippen molar-refractivity contribution in [3.63, 3.8) is 0 Å². The lowest BCUT2D eigenvalue weighted by Crippen LogP contribution is -2.47. The summed E-state index contributed by atoms with van der Waals surface area (Å²) in [5, 5.41) is 0.347. The Morgan fingerprint density at radius 3 is 2.44 bits per heavy atom. The Morgan fingerprint density at radius 1 is 1.03 bits per heavy atom. The van der Waals surface area contributed by atoms with Crippen molar-refractivity contribution in [2.75, 3.05) is 0 Å². The SMILES string of the molecule is CC(Oc1ccc(F)cc1)C(=O)NNC(=O)c1ccc2c(=O)n(-c3ccccc3)c(=S)[nH]c2c1. The molecule has 1 heterocycles. The molecule has 0 radical (unpaired) electrons.